The minimum Gasteiger partial charge on any atom is -0.299 e. The molecule has 1 heteroatoms. The second-order valence-corrected chi connectivity index (χ2v) is 6.44. The smallest absolute Gasteiger partial charge is 0.135 e. The van der Waals surface area contributed by atoms with Gasteiger partial charge in [-0.1, -0.05) is 91.4 Å². The lowest BCUT2D eigenvalue weighted by Crippen LogP contribution is -2.10. The average Bonchev–Trinajstić information content (AvgIpc) is 2.45. The summed E-state index contributed by atoms with van der Waals surface area (Å²) in [6.45, 7) is 6.63. The lowest BCUT2D eigenvalue weighted by atomic mass is 9.94. The second-order valence-electron chi connectivity index (χ2n) is 6.44. The van der Waals surface area contributed by atoms with E-state index in [1.807, 2.05) is 0 Å². The molecule has 0 rings (SSSR count). The summed E-state index contributed by atoms with van der Waals surface area (Å²) in [6, 6.07) is 0. The van der Waals surface area contributed by atoms with E-state index >= 15 is 0 Å². The first-order valence-corrected chi connectivity index (χ1v) is 9.25. The molecule has 20 heavy (non-hydrogen) atoms. The van der Waals surface area contributed by atoms with Gasteiger partial charge in [0.2, 0.25) is 0 Å². The van der Waals surface area contributed by atoms with Crippen LogP contribution in [0.3, 0.4) is 0 Å². The molecule has 0 unspecified atom stereocenters. The van der Waals surface area contributed by atoms with Crippen molar-refractivity contribution in [2.24, 2.45) is 5.92 Å². The Hall–Kier alpha value is -0.330. The fourth-order valence-corrected chi connectivity index (χ4v) is 2.72. The number of rotatable bonds is 15. The van der Waals surface area contributed by atoms with Crippen LogP contribution in [0, 0.1) is 5.92 Å². The van der Waals surface area contributed by atoms with Gasteiger partial charge >= 0.3 is 0 Å². The highest BCUT2D eigenvalue weighted by atomic mass is 16.1. The van der Waals surface area contributed by atoms with Crippen molar-refractivity contribution in [1.82, 2.24) is 0 Å². The average molecular weight is 283 g/mol. The highest BCUT2D eigenvalue weighted by Crippen LogP contribution is 2.16. The van der Waals surface area contributed by atoms with E-state index in [1.54, 1.807) is 0 Å². The Balaban J connectivity index is 3.37. The quantitative estimate of drug-likeness (QED) is 0.306. The summed E-state index contributed by atoms with van der Waals surface area (Å²) in [5.41, 5.74) is 0. The van der Waals surface area contributed by atoms with Gasteiger partial charge in [0.25, 0.3) is 0 Å². The minimum atomic E-state index is 0.303. The Kier molecular flexibility index (Phi) is 14.8. The van der Waals surface area contributed by atoms with Crippen LogP contribution < -0.4 is 0 Å². The zero-order valence-corrected chi connectivity index (χ0v) is 14.4. The van der Waals surface area contributed by atoms with Crippen molar-refractivity contribution in [3.63, 3.8) is 0 Å². The van der Waals surface area contributed by atoms with Crippen LogP contribution >= 0.6 is 0 Å². The molecular formula is C19H38O. The fraction of sp³-hybridized carbons (Fsp3) is 0.947. The number of carbonyl (C=O) groups is 1. The molecule has 0 aromatic rings. The van der Waals surface area contributed by atoms with Crippen LogP contribution in [0.2, 0.25) is 0 Å². The van der Waals surface area contributed by atoms with Crippen LogP contribution in [0.25, 0.3) is 0 Å². The van der Waals surface area contributed by atoms with E-state index in [4.69, 9.17) is 0 Å². The van der Waals surface area contributed by atoms with Crippen LogP contribution in [-0.4, -0.2) is 5.78 Å². The largest absolute Gasteiger partial charge is 0.299 e. The highest BCUT2D eigenvalue weighted by molar-refractivity contribution is 5.80. The van der Waals surface area contributed by atoms with Gasteiger partial charge in [0, 0.05) is 12.3 Å². The van der Waals surface area contributed by atoms with Crippen LogP contribution in [0.1, 0.15) is 111 Å². The molecular weight excluding hydrogens is 244 g/mol. The summed E-state index contributed by atoms with van der Waals surface area (Å²) < 4.78 is 0. The van der Waals surface area contributed by atoms with E-state index in [2.05, 4.69) is 20.8 Å². The van der Waals surface area contributed by atoms with Crippen molar-refractivity contribution in [1.29, 1.82) is 0 Å². The summed E-state index contributed by atoms with van der Waals surface area (Å²) in [7, 11) is 0. The topological polar surface area (TPSA) is 17.1 Å². The molecule has 0 aliphatic rings. The molecule has 0 aromatic heterocycles. The van der Waals surface area contributed by atoms with Gasteiger partial charge in [0.1, 0.15) is 5.78 Å². The molecule has 0 saturated heterocycles. The van der Waals surface area contributed by atoms with E-state index < -0.39 is 0 Å². The van der Waals surface area contributed by atoms with Crippen molar-refractivity contribution in [3.05, 3.63) is 0 Å². The van der Waals surface area contributed by atoms with E-state index in [1.165, 1.54) is 70.6 Å². The standard InChI is InChI=1S/C19H38O/c1-4-6-8-10-12-14-16-18(3)19(20)17-15-13-11-9-7-5-2/h18H,4-17H2,1-3H3/t18-/m0/s1. The molecule has 1 nitrogen and oxygen atoms in total. The first-order valence-electron chi connectivity index (χ1n) is 9.25. The van der Waals surface area contributed by atoms with E-state index in [9.17, 15) is 4.79 Å². The summed E-state index contributed by atoms with van der Waals surface area (Å²) >= 11 is 0. The first-order chi connectivity index (χ1) is 9.72. The zero-order chi connectivity index (χ0) is 15.1. The SMILES string of the molecule is CCCCCCCCC(=O)[C@@H](C)CCCCCCCC. The summed E-state index contributed by atoms with van der Waals surface area (Å²) in [4.78, 5) is 12.0. The van der Waals surface area contributed by atoms with Gasteiger partial charge in [-0.05, 0) is 12.8 Å². The Morgan fingerprint density at radius 2 is 1.15 bits per heavy atom. The normalized spacial score (nSPS) is 12.6. The van der Waals surface area contributed by atoms with Crippen LogP contribution in [0.15, 0.2) is 0 Å². The van der Waals surface area contributed by atoms with Crippen LogP contribution in [0.5, 0.6) is 0 Å². The van der Waals surface area contributed by atoms with Crippen molar-refractivity contribution >= 4 is 5.78 Å². The molecule has 0 aliphatic heterocycles. The number of unbranched alkanes of at least 4 members (excludes halogenated alkanes) is 10. The molecule has 120 valence electrons. The van der Waals surface area contributed by atoms with Gasteiger partial charge in [-0.3, -0.25) is 4.79 Å². The summed E-state index contributed by atoms with van der Waals surface area (Å²) in [5.74, 6) is 0.811. The molecule has 0 saturated carbocycles. The van der Waals surface area contributed by atoms with Crippen molar-refractivity contribution < 1.29 is 4.79 Å². The Bertz CT molecular complexity index is 210. The Morgan fingerprint density at radius 1 is 0.700 bits per heavy atom. The van der Waals surface area contributed by atoms with Gasteiger partial charge in [-0.25, -0.2) is 0 Å². The van der Waals surface area contributed by atoms with Crippen molar-refractivity contribution in [2.45, 2.75) is 111 Å². The van der Waals surface area contributed by atoms with Crippen LogP contribution in [-0.2, 0) is 4.79 Å². The Labute approximate surface area is 127 Å². The lowest BCUT2D eigenvalue weighted by Gasteiger charge is -2.10. The third kappa shape index (κ3) is 12.7. The fourth-order valence-electron chi connectivity index (χ4n) is 2.72. The monoisotopic (exact) mass is 282 g/mol. The number of Topliss-reactive ketones (excluding diaryl/α,β-unsaturated/α-hetero) is 1. The predicted octanol–water partition coefficient (Wildman–Crippen LogP) is 6.69. The summed E-state index contributed by atoms with van der Waals surface area (Å²) in [6.07, 6.45) is 17.6. The van der Waals surface area contributed by atoms with Crippen molar-refractivity contribution in [3.8, 4) is 0 Å². The maximum atomic E-state index is 12.0. The van der Waals surface area contributed by atoms with E-state index in [0.717, 1.165) is 19.3 Å². The third-order valence-electron chi connectivity index (χ3n) is 4.32. The maximum Gasteiger partial charge on any atom is 0.135 e. The van der Waals surface area contributed by atoms with Gasteiger partial charge in [-0.15, -0.1) is 0 Å². The van der Waals surface area contributed by atoms with Gasteiger partial charge < -0.3 is 0 Å². The molecule has 0 radical (unpaired) electrons. The van der Waals surface area contributed by atoms with Gasteiger partial charge in [0.05, 0.1) is 0 Å². The molecule has 0 amide bonds. The number of hydrogen-bond acceptors (Lipinski definition) is 1. The minimum absolute atomic E-state index is 0.303. The Morgan fingerprint density at radius 3 is 1.70 bits per heavy atom. The van der Waals surface area contributed by atoms with Crippen LogP contribution in [0.4, 0.5) is 0 Å². The van der Waals surface area contributed by atoms with Crippen molar-refractivity contribution in [2.75, 3.05) is 0 Å². The van der Waals surface area contributed by atoms with Gasteiger partial charge in [0.15, 0.2) is 0 Å². The molecule has 0 N–H and O–H groups in total. The highest BCUT2D eigenvalue weighted by Gasteiger charge is 2.11. The molecule has 0 heterocycles. The molecule has 0 aliphatic carbocycles. The molecule has 0 spiro atoms. The molecule has 0 fully saturated rings. The summed E-state index contributed by atoms with van der Waals surface area (Å²) in [5, 5.41) is 0. The number of carbonyl (C=O) groups excluding carboxylic acids is 1. The second kappa shape index (κ2) is 15.1. The van der Waals surface area contributed by atoms with Gasteiger partial charge in [-0.2, -0.15) is 0 Å². The molecule has 0 bridgehead atoms. The number of ketones is 1. The number of hydrogen-bond donors (Lipinski definition) is 0. The molecule has 1 atom stereocenters. The third-order valence-corrected chi connectivity index (χ3v) is 4.32. The lowest BCUT2D eigenvalue weighted by molar-refractivity contribution is -0.122. The van der Waals surface area contributed by atoms with E-state index in [0.29, 0.717) is 11.7 Å². The van der Waals surface area contributed by atoms with E-state index in [-0.39, 0.29) is 0 Å². The maximum absolute atomic E-state index is 12.0. The molecule has 0 aromatic carbocycles. The zero-order valence-electron chi connectivity index (χ0n) is 14.4. The first kappa shape index (κ1) is 19.7. The predicted molar refractivity (Wildman–Crippen MR) is 90.2 cm³/mol.